The zero-order chi connectivity index (χ0) is 10.9. The summed E-state index contributed by atoms with van der Waals surface area (Å²) in [5.41, 5.74) is -0.276. The molecule has 0 aromatic carbocycles. The molecule has 1 fully saturated rings. The van der Waals surface area contributed by atoms with Gasteiger partial charge < -0.3 is 10.4 Å². The van der Waals surface area contributed by atoms with Crippen molar-refractivity contribution in [2.75, 3.05) is 11.9 Å². The molecule has 15 heavy (non-hydrogen) atoms. The van der Waals surface area contributed by atoms with E-state index in [9.17, 15) is 5.11 Å². The largest absolute Gasteiger partial charge is 0.394 e. The summed E-state index contributed by atoms with van der Waals surface area (Å²) in [4.78, 5) is 7.75. The second-order valence-corrected chi connectivity index (χ2v) is 4.50. The Bertz CT molecular complexity index is 363. The maximum atomic E-state index is 9.28. The lowest BCUT2D eigenvalue weighted by molar-refractivity contribution is 0.144. The number of hydrogen-bond acceptors (Lipinski definition) is 4. The first kappa shape index (κ1) is 10.9. The molecule has 4 nitrogen and oxygen atoms in total. The van der Waals surface area contributed by atoms with Crippen LogP contribution in [0.15, 0.2) is 6.20 Å². The maximum Gasteiger partial charge on any atom is 0.224 e. The first-order chi connectivity index (χ1) is 7.15. The molecule has 1 aliphatic carbocycles. The molecule has 6 heteroatoms. The van der Waals surface area contributed by atoms with E-state index in [1.54, 1.807) is 0 Å². The van der Waals surface area contributed by atoms with Gasteiger partial charge in [0.15, 0.2) is 0 Å². The van der Waals surface area contributed by atoms with Crippen LogP contribution in [0.1, 0.15) is 19.3 Å². The molecule has 2 rings (SSSR count). The van der Waals surface area contributed by atoms with E-state index in [-0.39, 0.29) is 17.4 Å². The smallest absolute Gasteiger partial charge is 0.224 e. The first-order valence-electron chi connectivity index (χ1n) is 4.72. The van der Waals surface area contributed by atoms with E-state index in [1.807, 2.05) is 0 Å². The van der Waals surface area contributed by atoms with Gasteiger partial charge in [0.05, 0.1) is 18.3 Å². The fourth-order valence-electron chi connectivity index (χ4n) is 1.61. The Hall–Kier alpha value is -0.580. The highest BCUT2D eigenvalue weighted by Crippen LogP contribution is 2.36. The van der Waals surface area contributed by atoms with Gasteiger partial charge in [0.25, 0.3) is 0 Å². The molecule has 0 bridgehead atoms. The standard InChI is InChI=1S/C9H11Cl2N3O/c10-6-4-12-8(11)13-7(6)14-9(5-15)2-1-3-9/h4,15H,1-3,5H2,(H,12,13,14). The summed E-state index contributed by atoms with van der Waals surface area (Å²) in [7, 11) is 0. The molecule has 82 valence electrons. The third kappa shape index (κ3) is 2.17. The Morgan fingerprint density at radius 3 is 2.73 bits per heavy atom. The van der Waals surface area contributed by atoms with Crippen molar-refractivity contribution >= 4 is 29.0 Å². The third-order valence-electron chi connectivity index (χ3n) is 2.71. The quantitative estimate of drug-likeness (QED) is 0.804. The minimum Gasteiger partial charge on any atom is -0.394 e. The van der Waals surface area contributed by atoms with Crippen LogP contribution in [-0.2, 0) is 0 Å². The molecule has 1 heterocycles. The fourth-order valence-corrected chi connectivity index (χ4v) is 1.88. The number of hydrogen-bond donors (Lipinski definition) is 2. The van der Waals surface area contributed by atoms with Gasteiger partial charge in [-0.2, -0.15) is 4.98 Å². The minimum atomic E-state index is -0.276. The van der Waals surface area contributed by atoms with Gasteiger partial charge in [-0.25, -0.2) is 4.98 Å². The number of halogens is 2. The molecule has 0 atom stereocenters. The highest BCUT2D eigenvalue weighted by molar-refractivity contribution is 6.33. The molecule has 0 spiro atoms. The summed E-state index contributed by atoms with van der Waals surface area (Å²) in [6.45, 7) is 0.0744. The Morgan fingerprint density at radius 1 is 1.47 bits per heavy atom. The number of aromatic nitrogens is 2. The highest BCUT2D eigenvalue weighted by atomic mass is 35.5. The van der Waals surface area contributed by atoms with Crippen molar-refractivity contribution in [2.24, 2.45) is 0 Å². The van der Waals surface area contributed by atoms with Gasteiger partial charge in [0, 0.05) is 0 Å². The van der Waals surface area contributed by atoms with Crippen molar-refractivity contribution in [3.05, 3.63) is 16.5 Å². The Labute approximate surface area is 97.6 Å². The Balaban J connectivity index is 2.19. The van der Waals surface area contributed by atoms with E-state index < -0.39 is 0 Å². The van der Waals surface area contributed by atoms with E-state index >= 15 is 0 Å². The van der Waals surface area contributed by atoms with Crippen LogP contribution in [0.4, 0.5) is 5.82 Å². The van der Waals surface area contributed by atoms with Crippen molar-refractivity contribution in [3.8, 4) is 0 Å². The summed E-state index contributed by atoms with van der Waals surface area (Å²) in [5, 5.41) is 13.0. The molecule has 1 aromatic rings. The second-order valence-electron chi connectivity index (χ2n) is 3.75. The molecule has 1 saturated carbocycles. The summed E-state index contributed by atoms with van der Waals surface area (Å²) in [6, 6.07) is 0. The lowest BCUT2D eigenvalue weighted by Gasteiger charge is -2.41. The van der Waals surface area contributed by atoms with E-state index in [1.165, 1.54) is 6.20 Å². The number of nitrogens with one attached hydrogen (secondary N) is 1. The molecule has 0 radical (unpaired) electrons. The number of aliphatic hydroxyl groups excluding tert-OH is 1. The predicted molar refractivity (Wildman–Crippen MR) is 59.3 cm³/mol. The molecule has 0 unspecified atom stereocenters. The summed E-state index contributed by atoms with van der Waals surface area (Å²) in [6.07, 6.45) is 4.38. The lowest BCUT2D eigenvalue weighted by Crippen LogP contribution is -2.48. The van der Waals surface area contributed by atoms with Gasteiger partial charge in [0.1, 0.15) is 10.8 Å². The molecule has 1 aliphatic rings. The van der Waals surface area contributed by atoms with Crippen LogP contribution >= 0.6 is 23.2 Å². The Morgan fingerprint density at radius 2 is 2.20 bits per heavy atom. The third-order valence-corrected chi connectivity index (χ3v) is 3.17. The molecule has 0 amide bonds. The summed E-state index contributed by atoms with van der Waals surface area (Å²) in [5.74, 6) is 0.491. The second kappa shape index (κ2) is 4.12. The minimum absolute atomic E-state index is 0.0744. The van der Waals surface area contributed by atoms with E-state index in [2.05, 4.69) is 15.3 Å². The van der Waals surface area contributed by atoms with E-state index in [0.717, 1.165) is 19.3 Å². The van der Waals surface area contributed by atoms with Gasteiger partial charge in [-0.3, -0.25) is 0 Å². The average molecular weight is 248 g/mol. The van der Waals surface area contributed by atoms with Gasteiger partial charge in [-0.15, -0.1) is 0 Å². The van der Waals surface area contributed by atoms with Gasteiger partial charge >= 0.3 is 0 Å². The van der Waals surface area contributed by atoms with Crippen molar-refractivity contribution in [1.29, 1.82) is 0 Å². The zero-order valence-electron chi connectivity index (χ0n) is 8.00. The molecule has 1 aromatic heterocycles. The predicted octanol–water partition coefficient (Wildman–Crippen LogP) is 2.11. The van der Waals surface area contributed by atoms with Crippen molar-refractivity contribution in [1.82, 2.24) is 9.97 Å². The molecular weight excluding hydrogens is 237 g/mol. The van der Waals surface area contributed by atoms with Crippen LogP contribution < -0.4 is 5.32 Å². The van der Waals surface area contributed by atoms with Crippen molar-refractivity contribution < 1.29 is 5.11 Å². The van der Waals surface area contributed by atoms with Crippen LogP contribution in [0.5, 0.6) is 0 Å². The van der Waals surface area contributed by atoms with Gasteiger partial charge in [-0.05, 0) is 30.9 Å². The average Bonchev–Trinajstić information content (AvgIpc) is 2.17. The van der Waals surface area contributed by atoms with Crippen LogP contribution in [0, 0.1) is 0 Å². The number of anilines is 1. The normalized spacial score (nSPS) is 18.3. The lowest BCUT2D eigenvalue weighted by atomic mass is 9.77. The fraction of sp³-hybridized carbons (Fsp3) is 0.556. The molecular formula is C9H11Cl2N3O. The molecule has 0 aliphatic heterocycles. The van der Waals surface area contributed by atoms with Crippen LogP contribution in [0.25, 0.3) is 0 Å². The van der Waals surface area contributed by atoms with Gasteiger partial charge in [0.2, 0.25) is 5.28 Å². The summed E-state index contributed by atoms with van der Waals surface area (Å²) >= 11 is 11.6. The highest BCUT2D eigenvalue weighted by Gasteiger charge is 2.37. The number of aliphatic hydroxyl groups is 1. The van der Waals surface area contributed by atoms with Crippen molar-refractivity contribution in [3.63, 3.8) is 0 Å². The maximum absolute atomic E-state index is 9.28. The molecule has 2 N–H and O–H groups in total. The zero-order valence-corrected chi connectivity index (χ0v) is 9.52. The summed E-state index contributed by atoms with van der Waals surface area (Å²) < 4.78 is 0. The topological polar surface area (TPSA) is 58.0 Å². The number of nitrogens with zero attached hydrogens (tertiary/aromatic N) is 2. The van der Waals surface area contributed by atoms with Gasteiger partial charge in [-0.1, -0.05) is 11.6 Å². The van der Waals surface area contributed by atoms with Crippen LogP contribution in [-0.4, -0.2) is 27.2 Å². The SMILES string of the molecule is OCC1(Nc2nc(Cl)ncc2Cl)CCC1. The molecule has 0 saturated heterocycles. The number of rotatable bonds is 3. The van der Waals surface area contributed by atoms with Crippen LogP contribution in [0.2, 0.25) is 10.3 Å². The van der Waals surface area contributed by atoms with Crippen LogP contribution in [0.3, 0.4) is 0 Å². The first-order valence-corrected chi connectivity index (χ1v) is 5.48. The van der Waals surface area contributed by atoms with Crippen molar-refractivity contribution in [2.45, 2.75) is 24.8 Å². The van der Waals surface area contributed by atoms with E-state index in [0.29, 0.717) is 10.8 Å². The Kier molecular flexibility index (Phi) is 3.00. The monoisotopic (exact) mass is 247 g/mol. The van der Waals surface area contributed by atoms with E-state index in [4.69, 9.17) is 23.2 Å².